The molecule has 116 valence electrons. The molecule has 4 nitrogen and oxygen atoms in total. The number of nitrogens with zero attached hydrogens (tertiary/aromatic N) is 1. The molecule has 0 bridgehead atoms. The third kappa shape index (κ3) is 5.14. The highest BCUT2D eigenvalue weighted by Crippen LogP contribution is 2.17. The van der Waals surface area contributed by atoms with Gasteiger partial charge in [0.25, 0.3) is 0 Å². The number of morpholine rings is 1. The molecule has 0 spiro atoms. The third-order valence-electron chi connectivity index (χ3n) is 3.67. The minimum Gasteiger partial charge on any atom is -0.373 e. The lowest BCUT2D eigenvalue weighted by atomic mass is 10.1. The lowest BCUT2D eigenvalue weighted by Crippen LogP contribution is -2.48. The number of amides is 1. The van der Waals surface area contributed by atoms with Crippen molar-refractivity contribution in [1.82, 2.24) is 4.90 Å². The zero-order valence-electron chi connectivity index (χ0n) is 13.5. The van der Waals surface area contributed by atoms with E-state index in [0.29, 0.717) is 6.42 Å². The first-order chi connectivity index (χ1) is 9.84. The van der Waals surface area contributed by atoms with Crippen LogP contribution in [0.15, 0.2) is 18.2 Å². The van der Waals surface area contributed by atoms with Crippen molar-refractivity contribution < 1.29 is 9.53 Å². The zero-order chi connectivity index (χ0) is 15.5. The predicted molar refractivity (Wildman–Crippen MR) is 85.6 cm³/mol. The molecule has 1 aliphatic rings. The van der Waals surface area contributed by atoms with Gasteiger partial charge in [0.2, 0.25) is 5.91 Å². The molecule has 0 aromatic heterocycles. The predicted octanol–water partition coefficient (Wildman–Crippen LogP) is 2.74. The van der Waals surface area contributed by atoms with Gasteiger partial charge in [0.15, 0.2) is 0 Å². The van der Waals surface area contributed by atoms with Crippen molar-refractivity contribution in [3.8, 4) is 0 Å². The van der Waals surface area contributed by atoms with Crippen molar-refractivity contribution in [2.45, 2.75) is 39.7 Å². The molecule has 1 fully saturated rings. The van der Waals surface area contributed by atoms with Crippen LogP contribution in [0.2, 0.25) is 0 Å². The van der Waals surface area contributed by atoms with E-state index in [1.54, 1.807) is 0 Å². The number of rotatable bonds is 4. The Labute approximate surface area is 127 Å². The summed E-state index contributed by atoms with van der Waals surface area (Å²) in [6.07, 6.45) is 0.517. The van der Waals surface area contributed by atoms with E-state index in [9.17, 15) is 4.79 Å². The second-order valence-corrected chi connectivity index (χ2v) is 6.56. The van der Waals surface area contributed by atoms with Crippen molar-refractivity contribution >= 4 is 11.6 Å². The molecular weight excluding hydrogens is 264 g/mol. The molecule has 1 saturated heterocycles. The Balaban J connectivity index is 1.82. The van der Waals surface area contributed by atoms with Gasteiger partial charge in [0, 0.05) is 31.7 Å². The van der Waals surface area contributed by atoms with Crippen LogP contribution in [0.1, 0.15) is 31.4 Å². The minimum absolute atomic E-state index is 0.0734. The molecule has 4 heteroatoms. The van der Waals surface area contributed by atoms with E-state index >= 15 is 0 Å². The number of carbonyl (C=O) groups is 1. The van der Waals surface area contributed by atoms with Crippen molar-refractivity contribution in [2.75, 3.05) is 31.6 Å². The van der Waals surface area contributed by atoms with Gasteiger partial charge in [-0.15, -0.1) is 0 Å². The monoisotopic (exact) mass is 290 g/mol. The van der Waals surface area contributed by atoms with E-state index in [1.807, 2.05) is 26.0 Å². The summed E-state index contributed by atoms with van der Waals surface area (Å²) >= 11 is 0. The van der Waals surface area contributed by atoms with Crippen LogP contribution in [0.25, 0.3) is 0 Å². The summed E-state index contributed by atoms with van der Waals surface area (Å²) in [7, 11) is 0. The maximum Gasteiger partial charge on any atom is 0.225 e. The van der Waals surface area contributed by atoms with Gasteiger partial charge in [-0.2, -0.15) is 0 Å². The van der Waals surface area contributed by atoms with Crippen LogP contribution < -0.4 is 5.32 Å². The van der Waals surface area contributed by atoms with Gasteiger partial charge in [-0.3, -0.25) is 9.69 Å². The Morgan fingerprint density at radius 3 is 2.57 bits per heavy atom. The van der Waals surface area contributed by atoms with Crippen LogP contribution >= 0.6 is 0 Å². The quantitative estimate of drug-likeness (QED) is 0.927. The fourth-order valence-electron chi connectivity index (χ4n) is 2.84. The van der Waals surface area contributed by atoms with Gasteiger partial charge in [-0.25, -0.2) is 0 Å². The van der Waals surface area contributed by atoms with E-state index in [1.165, 1.54) is 11.1 Å². The number of hydrogen-bond donors (Lipinski definition) is 1. The molecule has 0 saturated carbocycles. The average Bonchev–Trinajstić information content (AvgIpc) is 2.34. The maximum absolute atomic E-state index is 12.1. The van der Waals surface area contributed by atoms with Crippen LogP contribution in [-0.4, -0.2) is 42.6 Å². The molecule has 0 unspecified atom stereocenters. The molecule has 1 aromatic carbocycles. The van der Waals surface area contributed by atoms with E-state index in [4.69, 9.17) is 4.74 Å². The van der Waals surface area contributed by atoms with Crippen LogP contribution in [0, 0.1) is 13.8 Å². The van der Waals surface area contributed by atoms with Gasteiger partial charge in [0.05, 0.1) is 12.2 Å². The second kappa shape index (κ2) is 6.58. The Bertz CT molecular complexity index is 491. The summed E-state index contributed by atoms with van der Waals surface area (Å²) < 4.78 is 5.68. The number of benzene rings is 1. The van der Waals surface area contributed by atoms with Crippen molar-refractivity contribution in [3.63, 3.8) is 0 Å². The molecular formula is C17H26N2O2. The van der Waals surface area contributed by atoms with E-state index in [2.05, 4.69) is 30.1 Å². The fraction of sp³-hybridized carbons (Fsp3) is 0.588. The van der Waals surface area contributed by atoms with Crippen LogP contribution in [0.3, 0.4) is 0 Å². The third-order valence-corrected chi connectivity index (χ3v) is 3.67. The van der Waals surface area contributed by atoms with E-state index in [0.717, 1.165) is 31.9 Å². The molecule has 2 rings (SSSR count). The topological polar surface area (TPSA) is 41.6 Å². The number of carbonyl (C=O) groups excluding carboxylic acids is 1. The SMILES string of the molecule is Cc1cc(C)cc(NC(=O)CCN2CCOC(C)(C)C2)c1. The summed E-state index contributed by atoms with van der Waals surface area (Å²) in [6.45, 7) is 11.6. The van der Waals surface area contributed by atoms with Gasteiger partial charge in [-0.1, -0.05) is 6.07 Å². The Morgan fingerprint density at radius 2 is 1.95 bits per heavy atom. The minimum atomic E-state index is -0.109. The Hall–Kier alpha value is -1.39. The standard InChI is InChI=1S/C17H26N2O2/c1-13-9-14(2)11-15(10-13)18-16(20)5-6-19-7-8-21-17(3,4)12-19/h9-11H,5-8,12H2,1-4H3,(H,18,20). The van der Waals surface area contributed by atoms with E-state index in [-0.39, 0.29) is 11.5 Å². The van der Waals surface area contributed by atoms with Crippen LogP contribution in [-0.2, 0) is 9.53 Å². The van der Waals surface area contributed by atoms with Crippen LogP contribution in [0.4, 0.5) is 5.69 Å². The maximum atomic E-state index is 12.1. The summed E-state index contributed by atoms with van der Waals surface area (Å²) in [5, 5.41) is 2.99. The highest BCUT2D eigenvalue weighted by Gasteiger charge is 2.27. The second-order valence-electron chi connectivity index (χ2n) is 6.56. The summed E-state index contributed by atoms with van der Waals surface area (Å²) in [6, 6.07) is 6.11. The highest BCUT2D eigenvalue weighted by atomic mass is 16.5. The molecule has 1 heterocycles. The normalized spacial score (nSPS) is 18.5. The highest BCUT2D eigenvalue weighted by molar-refractivity contribution is 5.91. The summed E-state index contributed by atoms with van der Waals surface area (Å²) in [4.78, 5) is 14.4. The number of hydrogen-bond acceptors (Lipinski definition) is 3. The van der Waals surface area contributed by atoms with Gasteiger partial charge < -0.3 is 10.1 Å². The van der Waals surface area contributed by atoms with Gasteiger partial charge in [-0.05, 0) is 51.0 Å². The smallest absolute Gasteiger partial charge is 0.225 e. The number of nitrogens with one attached hydrogen (secondary N) is 1. The first-order valence-corrected chi connectivity index (χ1v) is 7.58. The lowest BCUT2D eigenvalue weighted by molar-refractivity contribution is -0.118. The molecule has 1 N–H and O–H groups in total. The zero-order valence-corrected chi connectivity index (χ0v) is 13.5. The van der Waals surface area contributed by atoms with Crippen molar-refractivity contribution in [1.29, 1.82) is 0 Å². The van der Waals surface area contributed by atoms with Crippen LogP contribution in [0.5, 0.6) is 0 Å². The van der Waals surface area contributed by atoms with E-state index < -0.39 is 0 Å². The molecule has 21 heavy (non-hydrogen) atoms. The lowest BCUT2D eigenvalue weighted by Gasteiger charge is -2.38. The molecule has 1 aromatic rings. The first-order valence-electron chi connectivity index (χ1n) is 7.58. The van der Waals surface area contributed by atoms with Crippen molar-refractivity contribution in [2.24, 2.45) is 0 Å². The molecule has 1 aliphatic heterocycles. The fourth-order valence-corrected chi connectivity index (χ4v) is 2.84. The molecule has 0 aliphatic carbocycles. The van der Waals surface area contributed by atoms with Gasteiger partial charge in [0.1, 0.15) is 0 Å². The molecule has 1 amide bonds. The molecule has 0 radical (unpaired) electrons. The molecule has 0 atom stereocenters. The number of aryl methyl sites for hydroxylation is 2. The summed E-state index contributed by atoms with van der Waals surface area (Å²) in [5.41, 5.74) is 3.11. The van der Waals surface area contributed by atoms with Crippen molar-refractivity contribution in [3.05, 3.63) is 29.3 Å². The Kier molecular flexibility index (Phi) is 5.01. The first kappa shape index (κ1) is 16.0. The largest absolute Gasteiger partial charge is 0.373 e. The summed E-state index contributed by atoms with van der Waals surface area (Å²) in [5.74, 6) is 0.0734. The number of anilines is 1. The average molecular weight is 290 g/mol. The Morgan fingerprint density at radius 1 is 1.29 bits per heavy atom. The number of ether oxygens (including phenoxy) is 1. The van der Waals surface area contributed by atoms with Gasteiger partial charge >= 0.3 is 0 Å².